The lowest BCUT2D eigenvalue weighted by atomic mass is 9.85. The van der Waals surface area contributed by atoms with E-state index < -0.39 is 5.91 Å². The van der Waals surface area contributed by atoms with Gasteiger partial charge in [0.1, 0.15) is 0 Å². The van der Waals surface area contributed by atoms with Crippen LogP contribution in [0.3, 0.4) is 0 Å². The van der Waals surface area contributed by atoms with Crippen molar-refractivity contribution in [2.24, 2.45) is 5.73 Å². The van der Waals surface area contributed by atoms with Gasteiger partial charge in [-0.15, -0.1) is 0 Å². The number of fused-ring (bicyclic) bond motifs is 5. The first-order valence-electron chi connectivity index (χ1n) is 8.90. The Morgan fingerprint density at radius 1 is 1.00 bits per heavy atom. The summed E-state index contributed by atoms with van der Waals surface area (Å²) in [6.07, 6.45) is 6.36. The number of H-pyrrole nitrogens is 1. The molecule has 0 saturated heterocycles. The van der Waals surface area contributed by atoms with E-state index >= 15 is 0 Å². The topological polar surface area (TPSA) is 84.7 Å². The van der Waals surface area contributed by atoms with Gasteiger partial charge in [-0.1, -0.05) is 12.1 Å². The minimum atomic E-state index is -0.410. The van der Waals surface area contributed by atoms with E-state index in [9.17, 15) is 4.79 Å². The van der Waals surface area contributed by atoms with Gasteiger partial charge in [0.25, 0.3) is 0 Å². The van der Waals surface area contributed by atoms with Crippen molar-refractivity contribution in [2.45, 2.75) is 25.7 Å². The number of carbonyl (C=O) groups is 1. The Morgan fingerprint density at radius 3 is 2.54 bits per heavy atom. The van der Waals surface area contributed by atoms with Crippen LogP contribution in [0.15, 0.2) is 42.6 Å². The molecule has 0 saturated carbocycles. The smallest absolute Gasteiger partial charge is 0.248 e. The molecule has 1 amide bonds. The first-order valence-corrected chi connectivity index (χ1v) is 8.90. The number of hydrogen-bond acceptors (Lipinski definition) is 3. The van der Waals surface area contributed by atoms with E-state index in [0.717, 1.165) is 40.5 Å². The summed E-state index contributed by atoms with van der Waals surface area (Å²) in [5, 5.41) is 9.64. The van der Waals surface area contributed by atoms with Crippen molar-refractivity contribution in [1.29, 1.82) is 0 Å². The molecular formula is C21H18N4O. The standard InChI is InChI=1S/C21H18N4O/c22-21(26)13-7-5-12(6-8-13)20-15-4-2-1-3-14(15)19-16-11-23-25-17(16)9-10-18(19)24-20/h5-11H,1-4H2,(H2,22,26)(H,23,25). The number of carbonyl (C=O) groups excluding carboxylic acids is 1. The number of aromatic nitrogens is 3. The lowest BCUT2D eigenvalue weighted by Crippen LogP contribution is -2.11. The molecule has 5 nitrogen and oxygen atoms in total. The monoisotopic (exact) mass is 342 g/mol. The number of hydrogen-bond donors (Lipinski definition) is 2. The van der Waals surface area contributed by atoms with Gasteiger partial charge in [0, 0.05) is 21.9 Å². The second kappa shape index (κ2) is 5.66. The average molecular weight is 342 g/mol. The zero-order chi connectivity index (χ0) is 17.7. The van der Waals surface area contributed by atoms with Gasteiger partial charge >= 0.3 is 0 Å². The van der Waals surface area contributed by atoms with E-state index in [4.69, 9.17) is 10.7 Å². The minimum Gasteiger partial charge on any atom is -0.366 e. The molecule has 0 aliphatic heterocycles. The van der Waals surface area contributed by atoms with E-state index in [1.54, 1.807) is 12.1 Å². The molecule has 2 aromatic heterocycles. The van der Waals surface area contributed by atoms with Crippen LogP contribution >= 0.6 is 0 Å². The van der Waals surface area contributed by atoms with E-state index in [0.29, 0.717) is 5.56 Å². The van der Waals surface area contributed by atoms with Crippen LogP contribution in [0.2, 0.25) is 0 Å². The van der Waals surface area contributed by atoms with Gasteiger partial charge in [0.2, 0.25) is 5.91 Å². The fourth-order valence-corrected chi connectivity index (χ4v) is 4.08. The molecule has 0 radical (unpaired) electrons. The van der Waals surface area contributed by atoms with Crippen molar-refractivity contribution in [3.05, 3.63) is 59.3 Å². The molecule has 2 aromatic carbocycles. The molecule has 0 fully saturated rings. The number of aryl methyl sites for hydroxylation is 1. The summed E-state index contributed by atoms with van der Waals surface area (Å²) in [5.74, 6) is -0.410. The Labute approximate surface area is 150 Å². The second-order valence-corrected chi connectivity index (χ2v) is 6.86. The Kier molecular flexibility index (Phi) is 3.28. The van der Waals surface area contributed by atoms with Crippen molar-refractivity contribution in [3.8, 4) is 11.3 Å². The van der Waals surface area contributed by atoms with E-state index in [-0.39, 0.29) is 0 Å². The van der Waals surface area contributed by atoms with Crippen molar-refractivity contribution >= 4 is 27.7 Å². The normalized spacial score (nSPS) is 13.8. The molecule has 2 heterocycles. The van der Waals surface area contributed by atoms with Gasteiger partial charge in [0.05, 0.1) is 22.9 Å². The summed E-state index contributed by atoms with van der Waals surface area (Å²) in [4.78, 5) is 16.4. The van der Waals surface area contributed by atoms with Crippen molar-refractivity contribution in [1.82, 2.24) is 15.2 Å². The summed E-state index contributed by atoms with van der Waals surface area (Å²) in [6, 6.07) is 11.5. The number of rotatable bonds is 2. The van der Waals surface area contributed by atoms with Crippen LogP contribution in [0.25, 0.3) is 33.1 Å². The molecule has 0 bridgehead atoms. The molecule has 0 unspecified atom stereocenters. The predicted molar refractivity (Wildman–Crippen MR) is 102 cm³/mol. The average Bonchev–Trinajstić information content (AvgIpc) is 3.16. The van der Waals surface area contributed by atoms with E-state index in [1.165, 1.54) is 29.4 Å². The maximum absolute atomic E-state index is 11.4. The summed E-state index contributed by atoms with van der Waals surface area (Å²) in [7, 11) is 0. The minimum absolute atomic E-state index is 0.410. The van der Waals surface area contributed by atoms with E-state index in [2.05, 4.69) is 16.3 Å². The molecule has 128 valence electrons. The summed E-state index contributed by atoms with van der Waals surface area (Å²) >= 11 is 0. The first-order chi connectivity index (χ1) is 12.7. The molecule has 3 N–H and O–H groups in total. The van der Waals surface area contributed by atoms with Crippen LogP contribution in [0.4, 0.5) is 0 Å². The van der Waals surface area contributed by atoms with Crippen LogP contribution in [-0.4, -0.2) is 21.1 Å². The quantitative estimate of drug-likeness (QED) is 0.582. The van der Waals surface area contributed by atoms with Crippen LogP contribution in [-0.2, 0) is 12.8 Å². The Hall–Kier alpha value is -3.21. The maximum Gasteiger partial charge on any atom is 0.248 e. The molecule has 1 aliphatic carbocycles. The largest absolute Gasteiger partial charge is 0.366 e. The highest BCUT2D eigenvalue weighted by atomic mass is 16.1. The highest BCUT2D eigenvalue weighted by Crippen LogP contribution is 2.37. The highest BCUT2D eigenvalue weighted by Gasteiger charge is 2.21. The first kappa shape index (κ1) is 15.1. The molecular weight excluding hydrogens is 324 g/mol. The second-order valence-electron chi connectivity index (χ2n) is 6.86. The number of nitrogens with one attached hydrogen (secondary N) is 1. The van der Waals surface area contributed by atoms with Crippen LogP contribution in [0.5, 0.6) is 0 Å². The van der Waals surface area contributed by atoms with Crippen LogP contribution in [0.1, 0.15) is 34.3 Å². The third kappa shape index (κ3) is 2.20. The lowest BCUT2D eigenvalue weighted by Gasteiger charge is -2.21. The van der Waals surface area contributed by atoms with Crippen LogP contribution < -0.4 is 5.73 Å². The third-order valence-corrected chi connectivity index (χ3v) is 5.33. The fraction of sp³-hybridized carbons (Fsp3) is 0.190. The molecule has 4 aromatic rings. The molecule has 5 rings (SSSR count). The van der Waals surface area contributed by atoms with Crippen molar-refractivity contribution < 1.29 is 4.79 Å². The summed E-state index contributed by atoms with van der Waals surface area (Å²) in [6.45, 7) is 0. The van der Waals surface area contributed by atoms with Gasteiger partial charge in [-0.3, -0.25) is 9.89 Å². The summed E-state index contributed by atoms with van der Waals surface area (Å²) in [5.41, 5.74) is 12.7. The number of amides is 1. The Balaban J connectivity index is 1.80. The number of aromatic amines is 1. The number of benzene rings is 2. The highest BCUT2D eigenvalue weighted by molar-refractivity contribution is 6.07. The van der Waals surface area contributed by atoms with Crippen molar-refractivity contribution in [2.75, 3.05) is 0 Å². The third-order valence-electron chi connectivity index (χ3n) is 5.33. The van der Waals surface area contributed by atoms with Gasteiger partial charge in [-0.25, -0.2) is 4.98 Å². The van der Waals surface area contributed by atoms with E-state index in [1.807, 2.05) is 24.4 Å². The summed E-state index contributed by atoms with van der Waals surface area (Å²) < 4.78 is 0. The Morgan fingerprint density at radius 2 is 1.77 bits per heavy atom. The number of pyridine rings is 1. The molecule has 0 atom stereocenters. The molecule has 1 aliphatic rings. The van der Waals surface area contributed by atoms with Gasteiger partial charge < -0.3 is 5.73 Å². The Bertz CT molecular complexity index is 1160. The van der Waals surface area contributed by atoms with Crippen molar-refractivity contribution in [3.63, 3.8) is 0 Å². The van der Waals surface area contributed by atoms with Gasteiger partial charge in [-0.2, -0.15) is 5.10 Å². The number of primary amides is 1. The van der Waals surface area contributed by atoms with Gasteiger partial charge in [0.15, 0.2) is 0 Å². The van der Waals surface area contributed by atoms with Gasteiger partial charge in [-0.05, 0) is 61.1 Å². The van der Waals surface area contributed by atoms with Crippen LogP contribution in [0, 0.1) is 0 Å². The SMILES string of the molecule is NC(=O)c1ccc(-c2nc3ccc4[nH]ncc4c3c3c2CCCC3)cc1. The number of nitrogens with zero attached hydrogens (tertiary/aromatic N) is 2. The maximum atomic E-state index is 11.4. The zero-order valence-electron chi connectivity index (χ0n) is 14.2. The lowest BCUT2D eigenvalue weighted by molar-refractivity contribution is 0.100. The fourth-order valence-electron chi connectivity index (χ4n) is 4.08. The number of nitrogens with two attached hydrogens (primary N) is 1. The predicted octanol–water partition coefficient (Wildman–Crippen LogP) is 3.76. The zero-order valence-corrected chi connectivity index (χ0v) is 14.2. The molecule has 26 heavy (non-hydrogen) atoms. The molecule has 5 heteroatoms. The molecule has 0 spiro atoms.